The maximum atomic E-state index is 4.43. The first kappa shape index (κ1) is 15.2. The molecule has 3 rings (SSSR count). The first-order valence-electron chi connectivity index (χ1n) is 8.22. The lowest BCUT2D eigenvalue weighted by molar-refractivity contribution is 0.104. The molecule has 3 atom stereocenters. The Labute approximate surface area is 129 Å². The van der Waals surface area contributed by atoms with Gasteiger partial charge in [-0.05, 0) is 40.5 Å². The summed E-state index contributed by atoms with van der Waals surface area (Å²) < 4.78 is 2.12. The smallest absolute Gasteiger partial charge is 0.106 e. The number of nitrogens with zero attached hydrogens (tertiary/aromatic N) is 4. The molecular formula is C16H30N4Si. The Morgan fingerprint density at radius 1 is 1.29 bits per heavy atom. The molecule has 2 fully saturated rings. The highest BCUT2D eigenvalue weighted by Crippen LogP contribution is 2.62. The summed E-state index contributed by atoms with van der Waals surface area (Å²) in [7, 11) is -1.34. The molecular weight excluding hydrogens is 276 g/mol. The number of hydrogen-bond acceptors (Lipinski definition) is 3. The first-order valence-corrected chi connectivity index (χ1v) is 11.7. The lowest BCUT2D eigenvalue weighted by Crippen LogP contribution is -2.45. The largest absolute Gasteiger partial charge is 0.292 e. The molecule has 0 amide bonds. The van der Waals surface area contributed by atoms with Crippen LogP contribution in [0.4, 0.5) is 0 Å². The fourth-order valence-corrected chi connectivity index (χ4v) is 5.22. The zero-order valence-electron chi connectivity index (χ0n) is 14.6. The summed E-state index contributed by atoms with van der Waals surface area (Å²) in [5.41, 5.74) is 0.727. The lowest BCUT2D eigenvalue weighted by Gasteiger charge is -2.37. The van der Waals surface area contributed by atoms with Crippen LogP contribution in [0.15, 0.2) is 6.20 Å². The van der Waals surface area contributed by atoms with E-state index in [1.807, 2.05) is 0 Å². The van der Waals surface area contributed by atoms with Gasteiger partial charge < -0.3 is 0 Å². The molecule has 0 bridgehead atoms. The van der Waals surface area contributed by atoms with Gasteiger partial charge in [-0.3, -0.25) is 9.58 Å². The molecule has 0 aromatic carbocycles. The topological polar surface area (TPSA) is 34.0 Å². The van der Waals surface area contributed by atoms with Gasteiger partial charge in [-0.15, -0.1) is 5.10 Å². The minimum atomic E-state index is -1.34. The molecule has 1 aromatic rings. The van der Waals surface area contributed by atoms with E-state index in [1.165, 1.54) is 18.2 Å². The highest BCUT2D eigenvalue weighted by Gasteiger charge is 2.65. The van der Waals surface area contributed by atoms with E-state index >= 15 is 0 Å². The van der Waals surface area contributed by atoms with E-state index in [0.29, 0.717) is 11.5 Å². The Morgan fingerprint density at radius 3 is 2.43 bits per heavy atom. The molecule has 4 nitrogen and oxygen atoms in total. The van der Waals surface area contributed by atoms with E-state index in [9.17, 15) is 0 Å². The monoisotopic (exact) mass is 306 g/mol. The van der Waals surface area contributed by atoms with Gasteiger partial charge >= 0.3 is 0 Å². The molecule has 1 unspecified atom stereocenters. The maximum Gasteiger partial charge on any atom is 0.106 e. The number of fused-ring (bicyclic) bond motifs is 1. The number of rotatable bonds is 3. The molecule has 2 heterocycles. The van der Waals surface area contributed by atoms with E-state index in [4.69, 9.17) is 0 Å². The van der Waals surface area contributed by atoms with Crippen molar-refractivity contribution in [1.29, 1.82) is 0 Å². The number of piperidine rings is 1. The minimum Gasteiger partial charge on any atom is -0.292 e. The average molecular weight is 307 g/mol. The zero-order valence-corrected chi connectivity index (χ0v) is 15.6. The van der Waals surface area contributed by atoms with E-state index < -0.39 is 8.07 Å². The third-order valence-corrected chi connectivity index (χ3v) is 6.98. The van der Waals surface area contributed by atoms with Crippen molar-refractivity contribution in [3.8, 4) is 0 Å². The molecule has 1 aliphatic heterocycles. The summed E-state index contributed by atoms with van der Waals surface area (Å²) in [6, 6.07) is 1.43. The second-order valence-electron chi connectivity index (χ2n) is 9.26. The number of hydrogen-bond donors (Lipinski definition) is 0. The second-order valence-corrected chi connectivity index (χ2v) is 14.3. The van der Waals surface area contributed by atoms with Crippen LogP contribution in [0.2, 0.25) is 19.6 Å². The molecule has 1 aromatic heterocycles. The molecule has 1 saturated carbocycles. The van der Waals surface area contributed by atoms with Gasteiger partial charge in [0.1, 0.15) is 8.07 Å². The Morgan fingerprint density at radius 2 is 1.95 bits per heavy atom. The first-order chi connectivity index (χ1) is 9.53. The summed E-state index contributed by atoms with van der Waals surface area (Å²) >= 11 is 0. The highest BCUT2D eigenvalue weighted by atomic mass is 28.3. The van der Waals surface area contributed by atoms with E-state index in [1.54, 1.807) is 0 Å². The SMILES string of the molecule is CC1C[C@@]2(Cn3cc([Si](C)(C)C)nn3)C[C@H]2N1C(C)(C)C. The van der Waals surface area contributed by atoms with Crippen molar-refractivity contribution in [3.63, 3.8) is 0 Å². The highest BCUT2D eigenvalue weighted by molar-refractivity contribution is 6.88. The van der Waals surface area contributed by atoms with Crippen LogP contribution in [0.1, 0.15) is 40.5 Å². The van der Waals surface area contributed by atoms with Crippen LogP contribution in [0.5, 0.6) is 0 Å². The fourth-order valence-electron chi connectivity index (χ4n) is 4.34. The maximum absolute atomic E-state index is 4.43. The quantitative estimate of drug-likeness (QED) is 0.805. The van der Waals surface area contributed by atoms with Crippen LogP contribution in [-0.2, 0) is 6.54 Å². The number of likely N-dealkylation sites (tertiary alicyclic amines) is 1. The predicted molar refractivity (Wildman–Crippen MR) is 89.5 cm³/mol. The predicted octanol–water partition coefficient (Wildman–Crippen LogP) is 2.47. The van der Waals surface area contributed by atoms with Gasteiger partial charge in [-0.1, -0.05) is 24.9 Å². The number of aromatic nitrogens is 3. The van der Waals surface area contributed by atoms with E-state index in [-0.39, 0.29) is 5.54 Å². The van der Waals surface area contributed by atoms with Crippen molar-refractivity contribution in [2.24, 2.45) is 5.41 Å². The Kier molecular flexibility index (Phi) is 3.20. The standard InChI is InChI=1S/C16H30N4Si/c1-12-8-16(9-13(16)20(12)15(2,3)4)11-19-10-14(17-18-19)21(5,6)7/h10,12-13H,8-9,11H2,1-7H3/t12?,13-,16+/m1/s1. The molecule has 1 saturated heterocycles. The van der Waals surface area contributed by atoms with Crippen molar-refractivity contribution in [1.82, 2.24) is 19.9 Å². The van der Waals surface area contributed by atoms with Crippen LogP contribution >= 0.6 is 0 Å². The van der Waals surface area contributed by atoms with Gasteiger partial charge in [0.15, 0.2) is 0 Å². The molecule has 0 radical (unpaired) electrons. The van der Waals surface area contributed by atoms with Gasteiger partial charge in [0.25, 0.3) is 0 Å². The van der Waals surface area contributed by atoms with E-state index in [2.05, 4.69) is 73.4 Å². The summed E-state index contributed by atoms with van der Waals surface area (Å²) in [6.45, 7) is 17.5. The Hall–Kier alpha value is -0.683. The van der Waals surface area contributed by atoms with E-state index in [0.717, 1.165) is 12.6 Å². The van der Waals surface area contributed by atoms with Crippen LogP contribution in [0, 0.1) is 5.41 Å². The summed E-state index contributed by atoms with van der Waals surface area (Å²) in [6.07, 6.45) is 4.84. The van der Waals surface area contributed by atoms with Gasteiger partial charge in [0, 0.05) is 35.8 Å². The average Bonchev–Trinajstić information content (AvgIpc) is 2.69. The molecule has 118 valence electrons. The van der Waals surface area contributed by atoms with Gasteiger partial charge in [-0.25, -0.2) is 0 Å². The Bertz CT molecular complexity index is 539. The fraction of sp³-hybridized carbons (Fsp3) is 0.875. The van der Waals surface area contributed by atoms with Crippen molar-refractivity contribution >= 4 is 13.4 Å². The van der Waals surface area contributed by atoms with Crippen molar-refractivity contribution in [2.45, 2.75) is 84.3 Å². The summed E-state index contributed by atoms with van der Waals surface area (Å²) in [5.74, 6) is 0. The molecule has 0 spiro atoms. The molecule has 2 aliphatic rings. The molecule has 5 heteroatoms. The van der Waals surface area contributed by atoms with Crippen molar-refractivity contribution in [3.05, 3.63) is 6.20 Å². The van der Waals surface area contributed by atoms with Crippen LogP contribution in [0.3, 0.4) is 0 Å². The van der Waals surface area contributed by atoms with Crippen molar-refractivity contribution in [2.75, 3.05) is 0 Å². The molecule has 21 heavy (non-hydrogen) atoms. The van der Waals surface area contributed by atoms with Crippen LogP contribution in [0.25, 0.3) is 0 Å². The van der Waals surface area contributed by atoms with Crippen LogP contribution < -0.4 is 5.32 Å². The van der Waals surface area contributed by atoms with Gasteiger partial charge in [0.05, 0.1) is 5.32 Å². The lowest BCUT2D eigenvalue weighted by atomic mass is 9.99. The van der Waals surface area contributed by atoms with Gasteiger partial charge in [0.2, 0.25) is 0 Å². The third-order valence-electron chi connectivity index (χ3n) is 5.22. The second kappa shape index (κ2) is 4.41. The van der Waals surface area contributed by atoms with Crippen LogP contribution in [-0.4, -0.2) is 45.6 Å². The third kappa shape index (κ3) is 2.59. The van der Waals surface area contributed by atoms with Crippen molar-refractivity contribution < 1.29 is 0 Å². The molecule has 0 N–H and O–H groups in total. The summed E-state index contributed by atoms with van der Waals surface area (Å²) in [4.78, 5) is 2.73. The Balaban J connectivity index is 1.75. The summed E-state index contributed by atoms with van der Waals surface area (Å²) in [5, 5.41) is 10.1. The van der Waals surface area contributed by atoms with Gasteiger partial charge in [-0.2, -0.15) is 0 Å². The molecule has 1 aliphatic carbocycles. The normalized spacial score (nSPS) is 33.3. The zero-order chi connectivity index (χ0) is 15.6. The minimum absolute atomic E-state index is 0.272.